The molecule has 19 heavy (non-hydrogen) atoms. The van der Waals surface area contributed by atoms with Crippen LogP contribution in [0.15, 0.2) is 34.8 Å². The number of nitrogens with zero attached hydrogens (tertiary/aromatic N) is 2. The van der Waals surface area contributed by atoms with Gasteiger partial charge in [-0.15, -0.1) is 0 Å². The molecule has 1 aliphatic rings. The Balaban J connectivity index is 2.13. The SMILES string of the molecule is Clc1nc(C2(c3ccccc3)CCC2)nc(Cl)c1Br. The molecule has 2 nitrogen and oxygen atoms in total. The number of halogens is 3. The predicted octanol–water partition coefficient (Wildman–Crippen LogP) is 5.02. The van der Waals surface area contributed by atoms with E-state index in [1.807, 2.05) is 18.2 Å². The van der Waals surface area contributed by atoms with Crippen LogP contribution in [0.5, 0.6) is 0 Å². The van der Waals surface area contributed by atoms with E-state index in [0.717, 1.165) is 18.7 Å². The lowest BCUT2D eigenvalue weighted by Gasteiger charge is -2.41. The van der Waals surface area contributed by atoms with Crippen molar-refractivity contribution in [3.05, 3.63) is 56.5 Å². The average Bonchev–Trinajstić information content (AvgIpc) is 2.36. The molecule has 98 valence electrons. The van der Waals surface area contributed by atoms with Crippen LogP contribution in [0.3, 0.4) is 0 Å². The van der Waals surface area contributed by atoms with Gasteiger partial charge in [0, 0.05) is 0 Å². The first-order valence-electron chi connectivity index (χ1n) is 6.08. The predicted molar refractivity (Wildman–Crippen MR) is 80.8 cm³/mol. The van der Waals surface area contributed by atoms with Gasteiger partial charge in [-0.2, -0.15) is 0 Å². The molecule has 0 amide bonds. The standard InChI is InChI=1S/C14H11BrCl2N2/c15-10-11(16)18-13(19-12(10)17)14(7-4-8-14)9-5-2-1-3-6-9/h1-3,5-6H,4,7-8H2. The Morgan fingerprint density at radius 2 is 1.58 bits per heavy atom. The van der Waals surface area contributed by atoms with Gasteiger partial charge in [-0.1, -0.05) is 60.0 Å². The summed E-state index contributed by atoms with van der Waals surface area (Å²) in [5.41, 5.74) is 1.10. The molecule has 0 saturated heterocycles. The second-order valence-corrected chi connectivity index (χ2v) is 6.25. The Labute approximate surface area is 130 Å². The molecule has 5 heteroatoms. The van der Waals surface area contributed by atoms with E-state index in [0.29, 0.717) is 14.8 Å². The molecule has 0 radical (unpaired) electrons. The largest absolute Gasteiger partial charge is 0.219 e. The summed E-state index contributed by atoms with van der Waals surface area (Å²) in [4.78, 5) is 8.85. The molecule has 1 saturated carbocycles. The zero-order valence-electron chi connectivity index (χ0n) is 10.0. The van der Waals surface area contributed by atoms with Crippen molar-refractivity contribution < 1.29 is 0 Å². The summed E-state index contributed by atoms with van der Waals surface area (Å²) in [5, 5.41) is 0.745. The third kappa shape index (κ3) is 2.18. The second-order valence-electron chi connectivity index (χ2n) is 4.74. The molecule has 1 heterocycles. The fourth-order valence-corrected chi connectivity index (χ4v) is 3.10. The molecule has 1 aliphatic carbocycles. The van der Waals surface area contributed by atoms with Crippen molar-refractivity contribution in [3.63, 3.8) is 0 Å². The minimum atomic E-state index is -0.130. The number of aromatic nitrogens is 2. The quantitative estimate of drug-likeness (QED) is 0.705. The van der Waals surface area contributed by atoms with Gasteiger partial charge in [0.1, 0.15) is 16.1 Å². The van der Waals surface area contributed by atoms with Gasteiger partial charge in [-0.3, -0.25) is 0 Å². The van der Waals surface area contributed by atoms with Crippen LogP contribution < -0.4 is 0 Å². The lowest BCUT2D eigenvalue weighted by Crippen LogP contribution is -2.37. The van der Waals surface area contributed by atoms with E-state index < -0.39 is 0 Å². The highest BCUT2D eigenvalue weighted by Crippen LogP contribution is 2.48. The summed E-state index contributed by atoms with van der Waals surface area (Å²) in [5.74, 6) is 0.725. The molecule has 0 unspecified atom stereocenters. The van der Waals surface area contributed by atoms with Crippen LogP contribution in [0.25, 0.3) is 0 Å². The molecule has 0 aliphatic heterocycles. The maximum absolute atomic E-state index is 6.11. The summed E-state index contributed by atoms with van der Waals surface area (Å²) in [6.45, 7) is 0. The summed E-state index contributed by atoms with van der Waals surface area (Å²) >= 11 is 15.5. The summed E-state index contributed by atoms with van der Waals surface area (Å²) in [6.07, 6.45) is 3.24. The topological polar surface area (TPSA) is 25.8 Å². The third-order valence-corrected chi connectivity index (χ3v) is 5.49. The molecule has 1 aromatic carbocycles. The van der Waals surface area contributed by atoms with Crippen molar-refractivity contribution in [3.8, 4) is 0 Å². The molecular weight excluding hydrogens is 347 g/mol. The van der Waals surface area contributed by atoms with Crippen LogP contribution >= 0.6 is 39.1 Å². The summed E-state index contributed by atoms with van der Waals surface area (Å²) in [6, 6.07) is 10.3. The van der Waals surface area contributed by atoms with E-state index in [-0.39, 0.29) is 5.41 Å². The fraction of sp³-hybridized carbons (Fsp3) is 0.286. The van der Waals surface area contributed by atoms with E-state index in [4.69, 9.17) is 23.2 Å². The highest BCUT2D eigenvalue weighted by atomic mass is 79.9. The molecule has 0 spiro atoms. The Morgan fingerprint density at radius 1 is 1.00 bits per heavy atom. The number of hydrogen-bond donors (Lipinski definition) is 0. The van der Waals surface area contributed by atoms with Crippen molar-refractivity contribution in [2.75, 3.05) is 0 Å². The van der Waals surface area contributed by atoms with Gasteiger partial charge < -0.3 is 0 Å². The maximum atomic E-state index is 6.11. The van der Waals surface area contributed by atoms with Gasteiger partial charge in [-0.05, 0) is 34.3 Å². The lowest BCUT2D eigenvalue weighted by molar-refractivity contribution is 0.285. The molecule has 2 aromatic rings. The van der Waals surface area contributed by atoms with E-state index in [2.05, 4.69) is 38.0 Å². The summed E-state index contributed by atoms with van der Waals surface area (Å²) in [7, 11) is 0. The highest BCUT2D eigenvalue weighted by Gasteiger charge is 2.43. The molecule has 3 rings (SSSR count). The van der Waals surface area contributed by atoms with E-state index in [1.165, 1.54) is 12.0 Å². The smallest absolute Gasteiger partial charge is 0.148 e. The third-order valence-electron chi connectivity index (χ3n) is 3.73. The molecule has 1 fully saturated rings. The maximum Gasteiger partial charge on any atom is 0.148 e. The van der Waals surface area contributed by atoms with Crippen molar-refractivity contribution in [2.24, 2.45) is 0 Å². The monoisotopic (exact) mass is 356 g/mol. The summed E-state index contributed by atoms with van der Waals surface area (Å²) < 4.78 is 0.558. The van der Waals surface area contributed by atoms with Crippen LogP contribution in [0.1, 0.15) is 30.7 Å². The van der Waals surface area contributed by atoms with Crippen molar-refractivity contribution in [1.29, 1.82) is 0 Å². The number of benzene rings is 1. The van der Waals surface area contributed by atoms with Gasteiger partial charge in [0.2, 0.25) is 0 Å². The Kier molecular flexibility index (Phi) is 3.54. The Morgan fingerprint density at radius 3 is 2.05 bits per heavy atom. The van der Waals surface area contributed by atoms with Crippen LogP contribution in [-0.4, -0.2) is 9.97 Å². The van der Waals surface area contributed by atoms with Gasteiger partial charge >= 0.3 is 0 Å². The Hall–Kier alpha value is -0.640. The molecular formula is C14H11BrCl2N2. The van der Waals surface area contributed by atoms with E-state index in [9.17, 15) is 0 Å². The van der Waals surface area contributed by atoms with Gasteiger partial charge in [0.15, 0.2) is 0 Å². The first-order valence-corrected chi connectivity index (χ1v) is 7.63. The van der Waals surface area contributed by atoms with Crippen LogP contribution in [0.2, 0.25) is 10.3 Å². The number of hydrogen-bond acceptors (Lipinski definition) is 2. The minimum absolute atomic E-state index is 0.130. The van der Waals surface area contributed by atoms with Crippen LogP contribution in [0, 0.1) is 0 Å². The van der Waals surface area contributed by atoms with Crippen LogP contribution in [-0.2, 0) is 5.41 Å². The zero-order chi connectivity index (χ0) is 13.5. The second kappa shape index (κ2) is 5.04. The zero-order valence-corrected chi connectivity index (χ0v) is 13.1. The van der Waals surface area contributed by atoms with Crippen molar-refractivity contribution in [1.82, 2.24) is 9.97 Å². The number of rotatable bonds is 2. The minimum Gasteiger partial charge on any atom is -0.219 e. The van der Waals surface area contributed by atoms with E-state index in [1.54, 1.807) is 0 Å². The first kappa shape index (κ1) is 13.3. The fourth-order valence-electron chi connectivity index (χ4n) is 2.54. The van der Waals surface area contributed by atoms with Crippen LogP contribution in [0.4, 0.5) is 0 Å². The van der Waals surface area contributed by atoms with Crippen molar-refractivity contribution in [2.45, 2.75) is 24.7 Å². The van der Waals surface area contributed by atoms with E-state index >= 15 is 0 Å². The Bertz CT molecular complexity index is 589. The lowest BCUT2D eigenvalue weighted by atomic mass is 9.64. The molecule has 1 aromatic heterocycles. The van der Waals surface area contributed by atoms with Gasteiger partial charge in [0.25, 0.3) is 0 Å². The first-order chi connectivity index (χ1) is 9.13. The molecule has 0 atom stereocenters. The average molecular weight is 358 g/mol. The highest BCUT2D eigenvalue weighted by molar-refractivity contribution is 9.10. The van der Waals surface area contributed by atoms with Crippen molar-refractivity contribution >= 4 is 39.1 Å². The van der Waals surface area contributed by atoms with Gasteiger partial charge in [0.05, 0.1) is 9.89 Å². The molecule has 0 bridgehead atoms. The van der Waals surface area contributed by atoms with Gasteiger partial charge in [-0.25, -0.2) is 9.97 Å². The normalized spacial score (nSPS) is 17.0. The molecule has 0 N–H and O–H groups in total.